The van der Waals surface area contributed by atoms with Crippen molar-refractivity contribution in [1.29, 1.82) is 0 Å². The topological polar surface area (TPSA) is 56.7 Å². The fraction of sp³-hybridized carbons (Fsp3) is 0.722. The van der Waals surface area contributed by atoms with Crippen molar-refractivity contribution >= 4 is 17.3 Å². The number of aliphatic hydroxyl groups is 1. The lowest BCUT2D eigenvalue weighted by Gasteiger charge is -2.37. The van der Waals surface area contributed by atoms with E-state index in [1.165, 1.54) is 11.3 Å². The predicted molar refractivity (Wildman–Crippen MR) is 99.3 cm³/mol. The van der Waals surface area contributed by atoms with Crippen LogP contribution < -0.4 is 10.6 Å². The summed E-state index contributed by atoms with van der Waals surface area (Å²) < 4.78 is 0. The van der Waals surface area contributed by atoms with Crippen LogP contribution in [0.25, 0.3) is 0 Å². The van der Waals surface area contributed by atoms with Gasteiger partial charge in [0.25, 0.3) is 0 Å². The summed E-state index contributed by atoms with van der Waals surface area (Å²) in [6, 6.07) is 4.28. The quantitative estimate of drug-likeness (QED) is 0.551. The summed E-state index contributed by atoms with van der Waals surface area (Å²) >= 11 is 1.80. The molecule has 0 radical (unpaired) electrons. The van der Waals surface area contributed by atoms with Gasteiger partial charge in [0.1, 0.15) is 0 Å². The zero-order valence-electron chi connectivity index (χ0n) is 14.6. The maximum atomic E-state index is 10.3. The monoisotopic (exact) mass is 337 g/mol. The van der Waals surface area contributed by atoms with E-state index in [4.69, 9.17) is 4.99 Å². The van der Waals surface area contributed by atoms with Gasteiger partial charge in [-0.15, -0.1) is 11.3 Å². The third-order valence-electron chi connectivity index (χ3n) is 4.83. The van der Waals surface area contributed by atoms with E-state index in [1.807, 2.05) is 0 Å². The minimum atomic E-state index is -0.229. The first-order chi connectivity index (χ1) is 11.0. The average molecular weight is 338 g/mol. The van der Waals surface area contributed by atoms with E-state index in [2.05, 4.69) is 48.9 Å². The number of hydrogen-bond acceptors (Lipinski definition) is 3. The predicted octanol–water partition coefficient (Wildman–Crippen LogP) is 3.35. The van der Waals surface area contributed by atoms with Crippen LogP contribution in [0.4, 0.5) is 0 Å². The van der Waals surface area contributed by atoms with Crippen LogP contribution in [0.3, 0.4) is 0 Å². The summed E-state index contributed by atoms with van der Waals surface area (Å²) in [7, 11) is 0. The molecule has 4 nitrogen and oxygen atoms in total. The molecule has 0 amide bonds. The highest BCUT2D eigenvalue weighted by molar-refractivity contribution is 7.10. The van der Waals surface area contributed by atoms with Crippen LogP contribution in [-0.2, 0) is 0 Å². The first kappa shape index (κ1) is 18.3. The minimum Gasteiger partial charge on any atom is -0.392 e. The molecular weight excluding hydrogens is 306 g/mol. The van der Waals surface area contributed by atoms with Crippen LogP contribution >= 0.6 is 11.3 Å². The van der Waals surface area contributed by atoms with Gasteiger partial charge in [-0.1, -0.05) is 32.8 Å². The standard InChI is InChI=1S/C18H31N3OS/c1-4-19-17(20-12-14(2)15-8-7-11-23-15)21-13-18(3)10-6-5-9-16(18)22/h7-8,11,14,16,22H,4-6,9-10,12-13H2,1-3H3,(H2,19,20,21). The number of aliphatic hydroxyl groups excluding tert-OH is 1. The largest absolute Gasteiger partial charge is 0.392 e. The van der Waals surface area contributed by atoms with E-state index in [0.29, 0.717) is 12.5 Å². The molecular formula is C18H31N3OS. The summed E-state index contributed by atoms with van der Waals surface area (Å²) in [5.74, 6) is 1.32. The van der Waals surface area contributed by atoms with Crippen LogP contribution in [-0.4, -0.2) is 36.8 Å². The van der Waals surface area contributed by atoms with Crippen molar-refractivity contribution in [2.75, 3.05) is 19.6 Å². The molecule has 5 heteroatoms. The van der Waals surface area contributed by atoms with E-state index in [0.717, 1.165) is 38.3 Å². The Kier molecular flexibility index (Phi) is 6.90. The molecule has 1 fully saturated rings. The maximum Gasteiger partial charge on any atom is 0.191 e. The number of guanidine groups is 1. The second-order valence-electron chi connectivity index (χ2n) is 6.91. The molecule has 1 aromatic rings. The highest BCUT2D eigenvalue weighted by atomic mass is 32.1. The van der Waals surface area contributed by atoms with Crippen molar-refractivity contribution in [3.05, 3.63) is 22.4 Å². The average Bonchev–Trinajstić information content (AvgIpc) is 3.07. The van der Waals surface area contributed by atoms with E-state index < -0.39 is 0 Å². The van der Waals surface area contributed by atoms with Gasteiger partial charge in [0.15, 0.2) is 5.96 Å². The fourth-order valence-electron chi connectivity index (χ4n) is 3.09. The van der Waals surface area contributed by atoms with E-state index in [9.17, 15) is 5.11 Å². The van der Waals surface area contributed by atoms with Gasteiger partial charge in [-0.3, -0.25) is 4.99 Å². The normalized spacial score (nSPS) is 26.8. The Balaban J connectivity index is 1.91. The van der Waals surface area contributed by atoms with Gasteiger partial charge in [0.05, 0.1) is 12.6 Å². The molecule has 0 saturated heterocycles. The first-order valence-corrected chi connectivity index (χ1v) is 9.67. The minimum absolute atomic E-state index is 0.0834. The number of nitrogens with zero attached hydrogens (tertiary/aromatic N) is 1. The van der Waals surface area contributed by atoms with E-state index in [1.54, 1.807) is 11.3 Å². The van der Waals surface area contributed by atoms with Crippen molar-refractivity contribution in [3.8, 4) is 0 Å². The lowest BCUT2D eigenvalue weighted by Crippen LogP contribution is -2.42. The lowest BCUT2D eigenvalue weighted by molar-refractivity contribution is 0.00716. The van der Waals surface area contributed by atoms with Crippen molar-refractivity contribution in [2.24, 2.45) is 10.4 Å². The van der Waals surface area contributed by atoms with Gasteiger partial charge in [-0.05, 0) is 31.2 Å². The fourth-order valence-corrected chi connectivity index (χ4v) is 3.88. The Morgan fingerprint density at radius 1 is 1.48 bits per heavy atom. The third kappa shape index (κ3) is 5.21. The second-order valence-corrected chi connectivity index (χ2v) is 7.89. The molecule has 3 unspecified atom stereocenters. The van der Waals surface area contributed by atoms with E-state index >= 15 is 0 Å². The molecule has 3 N–H and O–H groups in total. The molecule has 1 heterocycles. The SMILES string of the molecule is CCNC(=NCC1(C)CCCCC1O)NCC(C)c1cccs1. The van der Waals surface area contributed by atoms with Crippen LogP contribution in [0.2, 0.25) is 0 Å². The summed E-state index contributed by atoms with van der Waals surface area (Å²) in [6.45, 7) is 8.87. The summed E-state index contributed by atoms with van der Waals surface area (Å²) in [5.41, 5.74) is -0.0834. The molecule has 0 spiro atoms. The number of aliphatic imine (C=N–C) groups is 1. The van der Waals surface area contributed by atoms with Crippen LogP contribution in [0.1, 0.15) is 57.2 Å². The number of nitrogens with one attached hydrogen (secondary N) is 2. The Bertz CT molecular complexity index is 488. The number of rotatable bonds is 6. The molecule has 0 aromatic carbocycles. The Morgan fingerprint density at radius 2 is 2.30 bits per heavy atom. The summed E-state index contributed by atoms with van der Waals surface area (Å²) in [5, 5.41) is 19.2. The lowest BCUT2D eigenvalue weighted by atomic mass is 9.73. The molecule has 3 atom stereocenters. The van der Waals surface area contributed by atoms with Gasteiger partial charge in [0.2, 0.25) is 0 Å². The molecule has 23 heavy (non-hydrogen) atoms. The molecule has 1 saturated carbocycles. The van der Waals surface area contributed by atoms with Gasteiger partial charge >= 0.3 is 0 Å². The molecule has 130 valence electrons. The Labute approximate surface area is 144 Å². The van der Waals surface area contributed by atoms with E-state index in [-0.39, 0.29) is 11.5 Å². The molecule has 1 aromatic heterocycles. The smallest absolute Gasteiger partial charge is 0.191 e. The van der Waals surface area contributed by atoms with Crippen molar-refractivity contribution in [1.82, 2.24) is 10.6 Å². The molecule has 0 bridgehead atoms. The van der Waals surface area contributed by atoms with Crippen molar-refractivity contribution in [2.45, 2.75) is 58.5 Å². The molecule has 0 aliphatic heterocycles. The summed E-state index contributed by atoms with van der Waals surface area (Å²) in [6.07, 6.45) is 4.07. The zero-order chi connectivity index (χ0) is 16.7. The van der Waals surface area contributed by atoms with Crippen LogP contribution in [0, 0.1) is 5.41 Å². The Morgan fingerprint density at radius 3 is 2.96 bits per heavy atom. The van der Waals surface area contributed by atoms with Gasteiger partial charge in [-0.25, -0.2) is 0 Å². The highest BCUT2D eigenvalue weighted by Crippen LogP contribution is 2.36. The van der Waals surface area contributed by atoms with Crippen LogP contribution in [0.5, 0.6) is 0 Å². The summed E-state index contributed by atoms with van der Waals surface area (Å²) in [4.78, 5) is 6.14. The highest BCUT2D eigenvalue weighted by Gasteiger charge is 2.35. The van der Waals surface area contributed by atoms with Crippen molar-refractivity contribution in [3.63, 3.8) is 0 Å². The number of hydrogen-bond donors (Lipinski definition) is 3. The van der Waals surface area contributed by atoms with Crippen molar-refractivity contribution < 1.29 is 5.11 Å². The van der Waals surface area contributed by atoms with Gasteiger partial charge in [0, 0.05) is 29.3 Å². The third-order valence-corrected chi connectivity index (χ3v) is 5.93. The molecule has 1 aliphatic rings. The Hall–Kier alpha value is -1.07. The molecule has 1 aliphatic carbocycles. The number of thiophene rings is 1. The maximum absolute atomic E-state index is 10.3. The second kappa shape index (κ2) is 8.69. The molecule has 2 rings (SSSR count). The van der Waals surface area contributed by atoms with Gasteiger partial charge < -0.3 is 15.7 Å². The zero-order valence-corrected chi connectivity index (χ0v) is 15.5. The van der Waals surface area contributed by atoms with Gasteiger partial charge in [-0.2, -0.15) is 0 Å². The van der Waals surface area contributed by atoms with Crippen LogP contribution in [0.15, 0.2) is 22.5 Å². The first-order valence-electron chi connectivity index (χ1n) is 8.79.